The van der Waals surface area contributed by atoms with E-state index in [9.17, 15) is 71.5 Å². The van der Waals surface area contributed by atoms with Crippen molar-refractivity contribution >= 4 is 0 Å². The normalized spacial score (nSPS) is 25.2. The molecule has 8 unspecified atom stereocenters. The van der Waals surface area contributed by atoms with E-state index in [0.29, 0.717) is 0 Å². The number of hydrogen-bond acceptors (Lipinski definition) is 18. The van der Waals surface area contributed by atoms with E-state index in [2.05, 4.69) is 0 Å². The van der Waals surface area contributed by atoms with Crippen LogP contribution in [0.5, 0.6) is 86.2 Å². The summed E-state index contributed by atoms with van der Waals surface area (Å²) in [5.74, 6) is -13.0. The molecule has 0 saturated carbocycles. The van der Waals surface area contributed by atoms with E-state index < -0.39 is 124 Å². The average Bonchev–Trinajstić information content (AvgIpc) is 3.22. The molecule has 18 nitrogen and oxygen atoms in total. The molecule has 4 aliphatic heterocycles. The molecule has 0 aliphatic carbocycles. The minimum absolute atomic E-state index is 0.0765. The van der Waals surface area contributed by atoms with E-state index in [4.69, 9.17) is 18.9 Å². The van der Waals surface area contributed by atoms with Crippen LogP contribution >= 0.6 is 0 Å². The number of aromatic hydroxyl groups is 11. The zero-order chi connectivity index (χ0) is 44.5. The minimum atomic E-state index is -2.50. The summed E-state index contributed by atoms with van der Waals surface area (Å²) >= 11 is 0. The van der Waals surface area contributed by atoms with E-state index in [1.54, 1.807) is 0 Å². The van der Waals surface area contributed by atoms with Crippen LogP contribution in [0.2, 0.25) is 0 Å². The minimum Gasteiger partial charge on any atom is -0.508 e. The Hall–Kier alpha value is -7.80. The van der Waals surface area contributed by atoms with Crippen LogP contribution in [0.1, 0.15) is 68.6 Å². The van der Waals surface area contributed by atoms with Crippen LogP contribution < -0.4 is 18.9 Å². The maximum Gasteiger partial charge on any atom is 0.305 e. The molecule has 4 heterocycles. The van der Waals surface area contributed by atoms with Gasteiger partial charge >= 0.3 is 5.79 Å². The van der Waals surface area contributed by atoms with Crippen molar-refractivity contribution in [1.29, 1.82) is 0 Å². The van der Waals surface area contributed by atoms with Gasteiger partial charge in [0.1, 0.15) is 70.1 Å². The number of benzene rings is 6. The Balaban J connectivity index is 1.31. The Morgan fingerprint density at radius 1 is 0.460 bits per heavy atom. The van der Waals surface area contributed by atoms with Gasteiger partial charge in [-0.3, -0.25) is 0 Å². The maximum atomic E-state index is 12.7. The van der Waals surface area contributed by atoms with Crippen LogP contribution in [-0.2, 0) is 12.2 Å². The van der Waals surface area contributed by atoms with Crippen molar-refractivity contribution in [3.8, 4) is 86.2 Å². The fraction of sp³-hybridized carbons (Fsp3) is 0.200. The van der Waals surface area contributed by atoms with Crippen LogP contribution in [0.4, 0.5) is 0 Å². The van der Waals surface area contributed by atoms with E-state index in [0.717, 1.165) is 54.6 Å². The lowest BCUT2D eigenvalue weighted by atomic mass is 9.70. The van der Waals surface area contributed by atoms with Gasteiger partial charge in [-0.25, -0.2) is 0 Å². The lowest BCUT2D eigenvalue weighted by Crippen LogP contribution is -2.58. The number of aliphatic hydroxyl groups excluding tert-OH is 3. The zero-order valence-corrected chi connectivity index (χ0v) is 32.1. The molecule has 8 atom stereocenters. The van der Waals surface area contributed by atoms with Crippen molar-refractivity contribution in [2.75, 3.05) is 0 Å². The van der Waals surface area contributed by atoms with Crippen LogP contribution in [0.3, 0.4) is 0 Å². The molecular formula is C45H36O18. The first kappa shape index (κ1) is 39.3. The predicted octanol–water partition coefficient (Wildman–Crippen LogP) is 4.24. The van der Waals surface area contributed by atoms with Gasteiger partial charge < -0.3 is 90.4 Å². The van der Waals surface area contributed by atoms with Crippen molar-refractivity contribution in [2.24, 2.45) is 0 Å². The molecule has 14 N–H and O–H groups in total. The standard InChI is InChI=1S/C45H36O18/c46-18-10-27(54)32-30(12-18)60-41(16-2-5-22(49)25(52)8-16)39(58)34(32)36-38(57)20-14-29(56)40(15-1-4-21(48)24(51)7-15)61-42(20)37-35-33-28(55)11-19(47)13-31(33)62-45(44(35)59,63-43(36)37)17-3-6-23(50)26(53)9-17/h1-13,29,34-35,39-41,44,46-59H,14H2. The lowest BCUT2D eigenvalue weighted by Gasteiger charge is -2.51. The second kappa shape index (κ2) is 13.6. The van der Waals surface area contributed by atoms with E-state index in [1.165, 1.54) is 24.3 Å². The first-order valence-corrected chi connectivity index (χ1v) is 19.3. The molecule has 0 saturated heterocycles. The Morgan fingerprint density at radius 3 is 1.62 bits per heavy atom. The van der Waals surface area contributed by atoms with Gasteiger partial charge in [0.15, 0.2) is 40.6 Å². The summed E-state index contributed by atoms with van der Waals surface area (Å²) in [5.41, 5.74) is -0.883. The third kappa shape index (κ3) is 5.68. The smallest absolute Gasteiger partial charge is 0.305 e. The molecule has 0 aromatic heterocycles. The van der Waals surface area contributed by atoms with E-state index >= 15 is 0 Å². The molecule has 6 aromatic rings. The SMILES string of the molecule is Oc1cc(O)c2c(c1)OC(c1ccc(O)c(O)c1)C(O)C2c1c(O)c2c(c3c1OC1(c4ccc(O)c(O)c4)Oc4cc(O)cc(O)c4C3C1O)OC(c1ccc(O)c(O)c1)C(O)C2. The number of aliphatic hydroxyl groups is 3. The monoisotopic (exact) mass is 864 g/mol. The summed E-state index contributed by atoms with van der Waals surface area (Å²) in [4.78, 5) is 0. The van der Waals surface area contributed by atoms with Gasteiger partial charge in [-0.2, -0.15) is 0 Å². The number of hydrogen-bond donors (Lipinski definition) is 14. The van der Waals surface area contributed by atoms with Gasteiger partial charge in [0.05, 0.1) is 17.9 Å². The molecule has 0 radical (unpaired) electrons. The molecular weight excluding hydrogens is 828 g/mol. The number of fused-ring (bicyclic) bond motifs is 9. The van der Waals surface area contributed by atoms with Gasteiger partial charge in [0, 0.05) is 64.1 Å². The van der Waals surface area contributed by atoms with Gasteiger partial charge in [-0.1, -0.05) is 12.1 Å². The molecule has 4 aliphatic rings. The Bertz CT molecular complexity index is 2910. The van der Waals surface area contributed by atoms with Crippen molar-refractivity contribution < 1.29 is 90.4 Å². The van der Waals surface area contributed by atoms with Crippen LogP contribution in [0.15, 0.2) is 78.9 Å². The Morgan fingerprint density at radius 2 is 1.02 bits per heavy atom. The van der Waals surface area contributed by atoms with Gasteiger partial charge in [-0.15, -0.1) is 0 Å². The van der Waals surface area contributed by atoms with Gasteiger partial charge in [-0.05, 0) is 53.6 Å². The molecule has 324 valence electrons. The molecule has 18 heteroatoms. The lowest BCUT2D eigenvalue weighted by molar-refractivity contribution is -0.219. The quantitative estimate of drug-likeness (QED) is 0.110. The van der Waals surface area contributed by atoms with Crippen LogP contribution in [0.25, 0.3) is 0 Å². The first-order valence-electron chi connectivity index (χ1n) is 19.3. The number of phenols is 11. The van der Waals surface area contributed by atoms with Crippen molar-refractivity contribution in [3.05, 3.63) is 123 Å². The third-order valence-corrected chi connectivity index (χ3v) is 12.2. The summed E-state index contributed by atoms with van der Waals surface area (Å²) in [5, 5.41) is 156. The van der Waals surface area contributed by atoms with Crippen LogP contribution in [0, 0.1) is 0 Å². The number of ether oxygens (including phenoxy) is 4. The Kier molecular flexibility index (Phi) is 8.49. The molecule has 0 spiro atoms. The summed E-state index contributed by atoms with van der Waals surface area (Å²) in [6.45, 7) is 0. The van der Waals surface area contributed by atoms with Gasteiger partial charge in [0.2, 0.25) is 0 Å². The molecule has 2 bridgehead atoms. The number of phenolic OH excluding ortho intramolecular Hbond substituents is 11. The van der Waals surface area contributed by atoms with E-state index in [1.807, 2.05) is 0 Å². The molecule has 0 fully saturated rings. The van der Waals surface area contributed by atoms with Crippen molar-refractivity contribution in [1.82, 2.24) is 0 Å². The highest BCUT2D eigenvalue weighted by Crippen LogP contribution is 2.66. The Labute approximate surface area is 354 Å². The fourth-order valence-corrected chi connectivity index (χ4v) is 9.34. The zero-order valence-electron chi connectivity index (χ0n) is 32.1. The maximum absolute atomic E-state index is 12.7. The summed E-state index contributed by atoms with van der Waals surface area (Å²) in [7, 11) is 0. The third-order valence-electron chi connectivity index (χ3n) is 12.2. The molecule has 10 rings (SSSR count). The second-order valence-corrected chi connectivity index (χ2v) is 15.9. The summed E-state index contributed by atoms with van der Waals surface area (Å²) in [6, 6.07) is 14.8. The molecule has 6 aromatic carbocycles. The molecule has 63 heavy (non-hydrogen) atoms. The summed E-state index contributed by atoms with van der Waals surface area (Å²) in [6.07, 6.45) is -8.55. The van der Waals surface area contributed by atoms with Crippen molar-refractivity contribution in [2.45, 2.75) is 54.6 Å². The number of rotatable bonds is 4. The second-order valence-electron chi connectivity index (χ2n) is 15.9. The van der Waals surface area contributed by atoms with Crippen molar-refractivity contribution in [3.63, 3.8) is 0 Å². The highest BCUT2D eigenvalue weighted by molar-refractivity contribution is 5.74. The van der Waals surface area contributed by atoms with Gasteiger partial charge in [0.25, 0.3) is 0 Å². The fourth-order valence-electron chi connectivity index (χ4n) is 9.34. The topological polar surface area (TPSA) is 320 Å². The van der Waals surface area contributed by atoms with E-state index in [-0.39, 0.29) is 61.8 Å². The highest BCUT2D eigenvalue weighted by atomic mass is 16.7. The largest absolute Gasteiger partial charge is 0.508 e. The predicted molar refractivity (Wildman–Crippen MR) is 212 cm³/mol. The first-order chi connectivity index (χ1) is 30.0. The molecule has 0 amide bonds. The summed E-state index contributed by atoms with van der Waals surface area (Å²) < 4.78 is 25.9. The average molecular weight is 865 g/mol. The van der Waals surface area contributed by atoms with Crippen LogP contribution in [-0.4, -0.2) is 89.8 Å². The highest BCUT2D eigenvalue weighted by Gasteiger charge is 2.62.